The zero-order chi connectivity index (χ0) is 18.9. The van der Waals surface area contributed by atoms with Gasteiger partial charge in [-0.2, -0.15) is 4.31 Å². The first-order valence-corrected chi connectivity index (χ1v) is 9.66. The Balaban J connectivity index is 1.85. The third-order valence-electron chi connectivity index (χ3n) is 4.37. The quantitative estimate of drug-likeness (QED) is 0.883. The highest BCUT2D eigenvalue weighted by molar-refractivity contribution is 7.89. The Morgan fingerprint density at radius 1 is 1.15 bits per heavy atom. The Morgan fingerprint density at radius 3 is 2.54 bits per heavy atom. The lowest BCUT2D eigenvalue weighted by Crippen LogP contribution is -2.35. The summed E-state index contributed by atoms with van der Waals surface area (Å²) in [5, 5.41) is 2.27. The molecule has 1 N–H and O–H groups in total. The van der Waals surface area contributed by atoms with Crippen LogP contribution >= 0.6 is 0 Å². The number of aromatic nitrogens is 1. The zero-order valence-electron chi connectivity index (χ0n) is 14.2. The molecule has 140 valence electrons. The Kier molecular flexibility index (Phi) is 5.10. The van der Waals surface area contributed by atoms with Gasteiger partial charge in [0, 0.05) is 26.3 Å². The maximum absolute atomic E-state index is 13.7. The van der Waals surface area contributed by atoms with Gasteiger partial charge in [0.1, 0.15) is 10.6 Å². The summed E-state index contributed by atoms with van der Waals surface area (Å²) in [6.07, 6.45) is 3.95. The van der Waals surface area contributed by atoms with Crippen LogP contribution in [0.2, 0.25) is 0 Å². The highest BCUT2D eigenvalue weighted by atomic mass is 32.2. The third kappa shape index (κ3) is 3.49. The highest BCUT2D eigenvalue weighted by Crippen LogP contribution is 2.23. The van der Waals surface area contributed by atoms with E-state index in [-0.39, 0.29) is 16.3 Å². The predicted molar refractivity (Wildman–Crippen MR) is 92.3 cm³/mol. The Hall–Kier alpha value is -2.26. The fourth-order valence-corrected chi connectivity index (χ4v) is 4.53. The number of hydrogen-bond acceptors (Lipinski definition) is 3. The van der Waals surface area contributed by atoms with Crippen LogP contribution in [-0.4, -0.2) is 36.3 Å². The number of benzene rings is 1. The van der Waals surface area contributed by atoms with Crippen molar-refractivity contribution in [2.24, 2.45) is 7.05 Å². The molecule has 9 heteroatoms. The third-order valence-corrected chi connectivity index (χ3v) is 6.23. The van der Waals surface area contributed by atoms with E-state index in [1.807, 2.05) is 0 Å². The molecule has 26 heavy (non-hydrogen) atoms. The van der Waals surface area contributed by atoms with Crippen molar-refractivity contribution < 1.29 is 22.0 Å². The Morgan fingerprint density at radius 2 is 1.85 bits per heavy atom. The van der Waals surface area contributed by atoms with Crippen LogP contribution in [0.3, 0.4) is 0 Å². The molecule has 0 radical (unpaired) electrons. The minimum atomic E-state index is -3.69. The Bertz CT molecular complexity index is 935. The fourth-order valence-electron chi connectivity index (χ4n) is 2.94. The predicted octanol–water partition coefficient (Wildman–Crippen LogP) is 2.73. The molecule has 0 spiro atoms. The molecule has 0 unspecified atom stereocenters. The first-order valence-electron chi connectivity index (χ1n) is 8.22. The van der Waals surface area contributed by atoms with E-state index in [9.17, 15) is 22.0 Å². The molecule has 1 aromatic carbocycles. The van der Waals surface area contributed by atoms with E-state index < -0.39 is 27.6 Å². The summed E-state index contributed by atoms with van der Waals surface area (Å²) in [7, 11) is -2.17. The second kappa shape index (κ2) is 7.16. The van der Waals surface area contributed by atoms with Gasteiger partial charge in [0.2, 0.25) is 10.0 Å². The second-order valence-corrected chi connectivity index (χ2v) is 8.13. The van der Waals surface area contributed by atoms with Crippen molar-refractivity contribution in [3.63, 3.8) is 0 Å². The van der Waals surface area contributed by atoms with Crippen LogP contribution < -0.4 is 5.32 Å². The number of sulfonamides is 1. The molecule has 1 saturated heterocycles. The van der Waals surface area contributed by atoms with E-state index in [0.717, 1.165) is 25.3 Å². The number of hydrogen-bond donors (Lipinski definition) is 1. The number of rotatable bonds is 4. The number of carbonyl (C=O) groups excluding carboxylic acids is 1. The van der Waals surface area contributed by atoms with Gasteiger partial charge in [0.05, 0.1) is 5.69 Å². The van der Waals surface area contributed by atoms with Crippen molar-refractivity contribution in [1.29, 1.82) is 0 Å². The Labute approximate surface area is 150 Å². The van der Waals surface area contributed by atoms with Gasteiger partial charge >= 0.3 is 0 Å². The SMILES string of the molecule is Cn1cc(S(=O)(=O)N2CCCCC2)cc1C(=O)Nc1cccc(F)c1F. The van der Waals surface area contributed by atoms with E-state index in [1.54, 1.807) is 0 Å². The molecular formula is C17H19F2N3O3S. The lowest BCUT2D eigenvalue weighted by molar-refractivity contribution is 0.101. The van der Waals surface area contributed by atoms with E-state index in [2.05, 4.69) is 5.32 Å². The molecule has 3 rings (SSSR count). The van der Waals surface area contributed by atoms with Crippen LogP contribution in [0.4, 0.5) is 14.5 Å². The van der Waals surface area contributed by atoms with Crippen LogP contribution in [0.15, 0.2) is 35.4 Å². The number of amides is 1. The molecule has 6 nitrogen and oxygen atoms in total. The lowest BCUT2D eigenvalue weighted by Gasteiger charge is -2.25. The maximum atomic E-state index is 13.7. The first-order chi connectivity index (χ1) is 12.3. The summed E-state index contributed by atoms with van der Waals surface area (Å²) in [4.78, 5) is 12.4. The van der Waals surface area contributed by atoms with Crippen molar-refractivity contribution in [3.05, 3.63) is 47.8 Å². The first kappa shape index (κ1) is 18.5. The van der Waals surface area contributed by atoms with Crippen LogP contribution in [-0.2, 0) is 17.1 Å². The van der Waals surface area contributed by atoms with Gasteiger partial charge in [-0.3, -0.25) is 4.79 Å². The van der Waals surface area contributed by atoms with Crippen molar-refractivity contribution in [1.82, 2.24) is 8.87 Å². The molecule has 2 heterocycles. The topological polar surface area (TPSA) is 71.4 Å². The van der Waals surface area contributed by atoms with Crippen molar-refractivity contribution in [3.8, 4) is 0 Å². The van der Waals surface area contributed by atoms with E-state index in [4.69, 9.17) is 0 Å². The van der Waals surface area contributed by atoms with Gasteiger partial charge in [-0.15, -0.1) is 0 Å². The van der Waals surface area contributed by atoms with Crippen LogP contribution in [0.1, 0.15) is 29.8 Å². The fraction of sp³-hybridized carbons (Fsp3) is 0.353. The molecule has 2 aromatic rings. The van der Waals surface area contributed by atoms with E-state index in [1.165, 1.54) is 40.3 Å². The van der Waals surface area contributed by atoms with Gasteiger partial charge in [-0.1, -0.05) is 12.5 Å². The minimum Gasteiger partial charge on any atom is -0.345 e. The number of nitrogens with zero attached hydrogens (tertiary/aromatic N) is 2. The lowest BCUT2D eigenvalue weighted by atomic mass is 10.2. The van der Waals surface area contributed by atoms with Gasteiger partial charge in [0.15, 0.2) is 11.6 Å². The average molecular weight is 383 g/mol. The molecule has 1 amide bonds. The summed E-state index contributed by atoms with van der Waals surface area (Å²) in [5.74, 6) is -2.98. The number of carbonyl (C=O) groups is 1. The summed E-state index contributed by atoms with van der Waals surface area (Å²) in [6.45, 7) is 0.903. The maximum Gasteiger partial charge on any atom is 0.272 e. The van der Waals surface area contributed by atoms with Gasteiger partial charge in [-0.25, -0.2) is 17.2 Å². The molecule has 1 aliphatic rings. The molecule has 1 fully saturated rings. The zero-order valence-corrected chi connectivity index (χ0v) is 15.0. The number of aryl methyl sites for hydroxylation is 1. The summed E-state index contributed by atoms with van der Waals surface area (Å²) >= 11 is 0. The normalized spacial score (nSPS) is 15.8. The molecule has 1 aromatic heterocycles. The monoisotopic (exact) mass is 383 g/mol. The smallest absolute Gasteiger partial charge is 0.272 e. The molecule has 0 atom stereocenters. The van der Waals surface area contributed by atoms with Crippen LogP contribution in [0.5, 0.6) is 0 Å². The summed E-state index contributed by atoms with van der Waals surface area (Å²) < 4.78 is 55.1. The molecule has 0 bridgehead atoms. The van der Waals surface area contributed by atoms with Gasteiger partial charge in [-0.05, 0) is 31.0 Å². The van der Waals surface area contributed by atoms with Gasteiger partial charge in [0.25, 0.3) is 5.91 Å². The molecule has 0 aliphatic carbocycles. The van der Waals surface area contributed by atoms with Gasteiger partial charge < -0.3 is 9.88 Å². The number of piperidine rings is 1. The molecular weight excluding hydrogens is 364 g/mol. The average Bonchev–Trinajstić information content (AvgIpc) is 3.02. The minimum absolute atomic E-state index is 0.00626. The molecule has 0 saturated carbocycles. The standard InChI is InChI=1S/C17H19F2N3O3S/c1-21-11-12(26(24,25)22-8-3-2-4-9-22)10-15(21)17(23)20-14-7-5-6-13(18)16(14)19/h5-7,10-11H,2-4,8-9H2,1H3,(H,20,23). The second-order valence-electron chi connectivity index (χ2n) is 6.19. The molecule has 1 aliphatic heterocycles. The van der Waals surface area contributed by atoms with E-state index >= 15 is 0 Å². The highest BCUT2D eigenvalue weighted by Gasteiger charge is 2.28. The number of nitrogens with one attached hydrogen (secondary N) is 1. The van der Waals surface area contributed by atoms with Crippen molar-refractivity contribution in [2.75, 3.05) is 18.4 Å². The largest absolute Gasteiger partial charge is 0.345 e. The number of halogens is 2. The summed E-state index contributed by atoms with van der Waals surface area (Å²) in [5.41, 5.74) is -0.277. The van der Waals surface area contributed by atoms with Crippen LogP contribution in [0, 0.1) is 11.6 Å². The number of anilines is 1. The van der Waals surface area contributed by atoms with Crippen LogP contribution in [0.25, 0.3) is 0 Å². The summed E-state index contributed by atoms with van der Waals surface area (Å²) in [6, 6.07) is 4.68. The van der Waals surface area contributed by atoms with E-state index in [0.29, 0.717) is 13.1 Å². The van der Waals surface area contributed by atoms with Crippen molar-refractivity contribution >= 4 is 21.6 Å². The van der Waals surface area contributed by atoms with Crippen molar-refractivity contribution in [2.45, 2.75) is 24.2 Å².